The van der Waals surface area contributed by atoms with E-state index in [2.05, 4.69) is 74.7 Å². The largest absolute Gasteiger partial charge is 0.462 e. The number of amides is 1. The van der Waals surface area contributed by atoms with Crippen LogP contribution in [0.3, 0.4) is 0 Å². The van der Waals surface area contributed by atoms with E-state index in [1.165, 1.54) is 103 Å². The number of hydrogen-bond acceptors (Lipinski definition) is 5. The molecule has 0 fully saturated rings. The molecule has 0 saturated carbocycles. The minimum Gasteiger partial charge on any atom is -0.462 e. The number of nitrogens with one attached hydrogen (secondary N) is 1. The zero-order valence-corrected chi connectivity index (χ0v) is 36.3. The first kappa shape index (κ1) is 52.8. The van der Waals surface area contributed by atoms with Crippen LogP contribution >= 0.6 is 0 Å². The van der Waals surface area contributed by atoms with Crippen LogP contribution < -0.4 is 5.32 Å². The van der Waals surface area contributed by atoms with Gasteiger partial charge in [-0.15, -0.1) is 0 Å². The summed E-state index contributed by atoms with van der Waals surface area (Å²) < 4.78 is 5.88. The van der Waals surface area contributed by atoms with Gasteiger partial charge in [-0.05, 0) is 89.9 Å². The number of ether oxygens (including phenoxy) is 1. The number of carbonyl (C=O) groups is 2. The van der Waals surface area contributed by atoms with Crippen molar-refractivity contribution >= 4 is 11.9 Å². The third-order valence-electron chi connectivity index (χ3n) is 10.4. The lowest BCUT2D eigenvalue weighted by atomic mass is 10.0. The fraction of sp³-hybridized carbons (Fsp3) is 0.796. The highest BCUT2D eigenvalue weighted by molar-refractivity contribution is 5.77. The molecule has 0 heterocycles. The monoisotopic (exact) mass is 772 g/mol. The Kier molecular flexibility index (Phi) is 41.2. The summed E-state index contributed by atoms with van der Waals surface area (Å²) >= 11 is 0. The van der Waals surface area contributed by atoms with E-state index in [-0.39, 0.29) is 24.9 Å². The third kappa shape index (κ3) is 38.5. The molecule has 0 aromatic carbocycles. The maximum atomic E-state index is 13.1. The summed E-state index contributed by atoms with van der Waals surface area (Å²) in [5.74, 6) is -0.524. The van der Waals surface area contributed by atoms with Gasteiger partial charge in [0.15, 0.2) is 0 Å². The Morgan fingerprint density at radius 1 is 0.527 bits per heavy atom. The molecule has 0 aliphatic heterocycles. The molecule has 55 heavy (non-hydrogen) atoms. The van der Waals surface area contributed by atoms with Crippen molar-refractivity contribution < 1.29 is 24.5 Å². The first-order valence-electron chi connectivity index (χ1n) is 23.4. The van der Waals surface area contributed by atoms with Crippen molar-refractivity contribution in [1.29, 1.82) is 0 Å². The number of rotatable bonds is 41. The van der Waals surface area contributed by atoms with Crippen LogP contribution in [-0.2, 0) is 14.3 Å². The van der Waals surface area contributed by atoms with Gasteiger partial charge in [0.05, 0.1) is 25.2 Å². The summed E-state index contributed by atoms with van der Waals surface area (Å²) in [7, 11) is 0. The van der Waals surface area contributed by atoms with Crippen molar-refractivity contribution in [1.82, 2.24) is 5.32 Å². The number of aliphatic hydroxyl groups is 2. The van der Waals surface area contributed by atoms with Crippen LogP contribution in [0.5, 0.6) is 0 Å². The van der Waals surface area contributed by atoms with Crippen LogP contribution in [-0.4, -0.2) is 46.9 Å². The molecule has 0 spiro atoms. The Morgan fingerprint density at radius 2 is 0.927 bits per heavy atom. The lowest BCUT2D eigenvalue weighted by Crippen LogP contribution is -2.46. The molecule has 3 atom stereocenters. The van der Waals surface area contributed by atoms with Crippen molar-refractivity contribution in [3.63, 3.8) is 0 Å². The summed E-state index contributed by atoms with van der Waals surface area (Å²) in [6.07, 6.45) is 50.3. The molecule has 0 bridgehead atoms. The number of esters is 1. The number of allylic oxidation sites excluding steroid dienone is 8. The molecule has 0 aromatic rings. The van der Waals surface area contributed by atoms with Crippen molar-refractivity contribution in [3.8, 4) is 0 Å². The van der Waals surface area contributed by atoms with E-state index in [4.69, 9.17) is 4.74 Å². The third-order valence-corrected chi connectivity index (χ3v) is 10.4. The lowest BCUT2D eigenvalue weighted by molar-refractivity contribution is -0.151. The highest BCUT2D eigenvalue weighted by Gasteiger charge is 2.24. The second-order valence-corrected chi connectivity index (χ2v) is 15.8. The molecule has 3 unspecified atom stereocenters. The van der Waals surface area contributed by atoms with Gasteiger partial charge >= 0.3 is 5.97 Å². The molecule has 0 aliphatic rings. The van der Waals surface area contributed by atoms with Gasteiger partial charge in [-0.25, -0.2) is 0 Å². The van der Waals surface area contributed by atoms with E-state index in [1.807, 2.05) is 0 Å². The molecule has 0 rings (SSSR count). The first-order valence-corrected chi connectivity index (χ1v) is 23.4. The second-order valence-electron chi connectivity index (χ2n) is 15.8. The van der Waals surface area contributed by atoms with E-state index >= 15 is 0 Å². The maximum absolute atomic E-state index is 13.1. The minimum absolute atomic E-state index is 0.0483. The van der Waals surface area contributed by atoms with Gasteiger partial charge in [0.2, 0.25) is 5.91 Å². The van der Waals surface area contributed by atoms with Gasteiger partial charge in [-0.1, -0.05) is 172 Å². The van der Waals surface area contributed by atoms with Gasteiger partial charge in [0.1, 0.15) is 6.10 Å². The molecule has 0 radical (unpaired) electrons. The maximum Gasteiger partial charge on any atom is 0.306 e. The fourth-order valence-electron chi connectivity index (χ4n) is 6.78. The van der Waals surface area contributed by atoms with Crippen LogP contribution in [0, 0.1) is 0 Å². The number of aliphatic hydroxyl groups excluding tert-OH is 2. The summed E-state index contributed by atoms with van der Waals surface area (Å²) in [6.45, 7) is 6.38. The number of carbonyl (C=O) groups excluding carboxylic acids is 2. The number of unbranched alkanes of at least 4 members (excludes halogenated alkanes) is 21. The lowest BCUT2D eigenvalue weighted by Gasteiger charge is -2.24. The Morgan fingerprint density at radius 3 is 1.47 bits per heavy atom. The number of hydrogen-bond donors (Lipinski definition) is 3. The van der Waals surface area contributed by atoms with Crippen molar-refractivity contribution in [3.05, 3.63) is 48.6 Å². The average molecular weight is 772 g/mol. The standard InChI is InChI=1S/C49H89NO5/c1-4-7-10-13-16-19-21-23-24-25-26-29-31-34-37-40-45(55-49(54)42-39-36-33-30-27-22-20-17-14-11-8-5-2)43-48(53)50-46(44-51)47(52)41-38-35-32-28-18-15-12-9-6-3/h16-17,19-20,23-24,26,29,45-47,51-52H,4-15,18,21-22,25,27-28,30-44H2,1-3H3,(H,50,53)/b19-16-,20-17-,24-23-,29-26-. The van der Waals surface area contributed by atoms with E-state index in [1.54, 1.807) is 0 Å². The topological polar surface area (TPSA) is 95.9 Å². The molecule has 1 amide bonds. The summed E-state index contributed by atoms with van der Waals surface area (Å²) in [6, 6.07) is -0.713. The Bertz CT molecular complexity index is 957. The SMILES string of the molecule is CCCCC/C=C\C/C=C\C/C=C\CCCCC(CC(=O)NC(CO)C(O)CCCCCCCCCCC)OC(=O)CCCCCCC/C=C\CCCCC. The molecule has 0 aromatic heterocycles. The fourth-order valence-corrected chi connectivity index (χ4v) is 6.78. The summed E-state index contributed by atoms with van der Waals surface area (Å²) in [5.41, 5.74) is 0. The van der Waals surface area contributed by atoms with Gasteiger partial charge < -0.3 is 20.3 Å². The molecule has 6 nitrogen and oxygen atoms in total. The summed E-state index contributed by atoms with van der Waals surface area (Å²) in [4.78, 5) is 26.0. The Balaban J connectivity index is 4.70. The minimum atomic E-state index is -0.796. The van der Waals surface area contributed by atoms with Crippen LogP contribution in [0.2, 0.25) is 0 Å². The van der Waals surface area contributed by atoms with Gasteiger partial charge in [0.25, 0.3) is 0 Å². The van der Waals surface area contributed by atoms with Crippen LogP contribution in [0.15, 0.2) is 48.6 Å². The van der Waals surface area contributed by atoms with E-state index in [9.17, 15) is 19.8 Å². The highest BCUT2D eigenvalue weighted by atomic mass is 16.5. The molecular formula is C49H89NO5. The average Bonchev–Trinajstić information content (AvgIpc) is 3.18. The van der Waals surface area contributed by atoms with E-state index in [0.717, 1.165) is 77.0 Å². The Labute approximate surface area is 340 Å². The predicted octanol–water partition coefficient (Wildman–Crippen LogP) is 13.5. The molecule has 6 heteroatoms. The van der Waals surface area contributed by atoms with Crippen LogP contribution in [0.25, 0.3) is 0 Å². The molecular weight excluding hydrogens is 683 g/mol. The first-order chi connectivity index (χ1) is 27.0. The Hall–Kier alpha value is -2.18. The molecule has 0 aliphatic carbocycles. The van der Waals surface area contributed by atoms with Crippen LogP contribution in [0.1, 0.15) is 226 Å². The van der Waals surface area contributed by atoms with Crippen molar-refractivity contribution in [2.75, 3.05) is 6.61 Å². The highest BCUT2D eigenvalue weighted by Crippen LogP contribution is 2.16. The normalized spacial score (nSPS) is 13.8. The summed E-state index contributed by atoms with van der Waals surface area (Å²) in [5, 5.41) is 23.6. The van der Waals surface area contributed by atoms with Gasteiger partial charge in [-0.3, -0.25) is 9.59 Å². The van der Waals surface area contributed by atoms with Gasteiger partial charge in [-0.2, -0.15) is 0 Å². The van der Waals surface area contributed by atoms with Crippen molar-refractivity contribution in [2.24, 2.45) is 0 Å². The van der Waals surface area contributed by atoms with E-state index in [0.29, 0.717) is 19.3 Å². The zero-order chi connectivity index (χ0) is 40.3. The second kappa shape index (κ2) is 43.0. The van der Waals surface area contributed by atoms with Gasteiger partial charge in [0, 0.05) is 6.42 Å². The smallest absolute Gasteiger partial charge is 0.306 e. The van der Waals surface area contributed by atoms with Crippen LogP contribution in [0.4, 0.5) is 0 Å². The molecule has 0 saturated heterocycles. The quantitative estimate of drug-likeness (QED) is 0.0327. The van der Waals surface area contributed by atoms with Crippen molar-refractivity contribution in [2.45, 2.75) is 244 Å². The zero-order valence-electron chi connectivity index (χ0n) is 36.3. The molecule has 320 valence electrons. The molecule has 3 N–H and O–H groups in total. The van der Waals surface area contributed by atoms with E-state index < -0.39 is 18.2 Å². The predicted molar refractivity (Wildman–Crippen MR) is 236 cm³/mol.